The molecule has 0 aliphatic heterocycles. The molecule has 0 aromatic heterocycles. The second-order valence-electron chi connectivity index (χ2n) is 3.58. The van der Waals surface area contributed by atoms with Gasteiger partial charge >= 0.3 is 0 Å². The summed E-state index contributed by atoms with van der Waals surface area (Å²) in [7, 11) is 0. The number of nitriles is 2. The molecule has 0 aliphatic carbocycles. The molecule has 2 aromatic rings. The fourth-order valence-corrected chi connectivity index (χ4v) is 1.68. The largest absolute Gasteiger partial charge is 0.204 e. The second kappa shape index (κ2) is 4.65. The Labute approximate surface area is 102 Å². The maximum atomic E-state index is 13.2. The molecule has 18 heavy (non-hydrogen) atoms. The topological polar surface area (TPSA) is 47.6 Å². The average molecular weight is 240 g/mol. The zero-order valence-electron chi connectivity index (χ0n) is 9.11. The van der Waals surface area contributed by atoms with Gasteiger partial charge in [0.15, 0.2) is 11.6 Å². The predicted molar refractivity (Wildman–Crippen MR) is 61.2 cm³/mol. The molecule has 0 heterocycles. The highest BCUT2D eigenvalue weighted by molar-refractivity contribution is 5.75. The molecule has 0 unspecified atom stereocenters. The van der Waals surface area contributed by atoms with E-state index in [1.54, 1.807) is 30.3 Å². The van der Waals surface area contributed by atoms with Crippen molar-refractivity contribution in [2.45, 2.75) is 0 Å². The van der Waals surface area contributed by atoms with Crippen molar-refractivity contribution in [3.05, 3.63) is 59.2 Å². The maximum Gasteiger partial charge on any atom is 0.160 e. The molecule has 4 heteroatoms. The fraction of sp³-hybridized carbons (Fsp3) is 0. The molecule has 2 rings (SSSR count). The van der Waals surface area contributed by atoms with Crippen LogP contribution >= 0.6 is 0 Å². The van der Waals surface area contributed by atoms with Crippen molar-refractivity contribution >= 4 is 0 Å². The summed E-state index contributed by atoms with van der Waals surface area (Å²) in [4.78, 5) is 0. The Morgan fingerprint density at radius 3 is 2.06 bits per heavy atom. The van der Waals surface area contributed by atoms with Crippen LogP contribution in [0.15, 0.2) is 36.4 Å². The van der Waals surface area contributed by atoms with Gasteiger partial charge in [-0.15, -0.1) is 0 Å². The number of nitrogens with zero attached hydrogens (tertiary/aromatic N) is 2. The Kier molecular flexibility index (Phi) is 3.03. The van der Waals surface area contributed by atoms with Gasteiger partial charge in [0.25, 0.3) is 0 Å². The molecule has 0 fully saturated rings. The van der Waals surface area contributed by atoms with E-state index in [0.717, 1.165) is 12.1 Å². The summed E-state index contributed by atoms with van der Waals surface area (Å²) in [5.41, 5.74) is 0.931. The minimum Gasteiger partial charge on any atom is -0.204 e. The molecule has 0 N–H and O–H groups in total. The van der Waals surface area contributed by atoms with E-state index >= 15 is 0 Å². The van der Waals surface area contributed by atoms with Gasteiger partial charge in [-0.25, -0.2) is 8.78 Å². The van der Waals surface area contributed by atoms with E-state index in [1.165, 1.54) is 0 Å². The van der Waals surface area contributed by atoms with E-state index in [9.17, 15) is 8.78 Å². The third-order valence-corrected chi connectivity index (χ3v) is 2.52. The zero-order chi connectivity index (χ0) is 13.1. The fourth-order valence-electron chi connectivity index (χ4n) is 1.68. The van der Waals surface area contributed by atoms with Crippen LogP contribution in [0.5, 0.6) is 0 Å². The van der Waals surface area contributed by atoms with Crippen LogP contribution in [0.3, 0.4) is 0 Å². The van der Waals surface area contributed by atoms with E-state index in [1.807, 2.05) is 6.07 Å². The predicted octanol–water partition coefficient (Wildman–Crippen LogP) is 3.38. The summed E-state index contributed by atoms with van der Waals surface area (Å²) >= 11 is 0. The van der Waals surface area contributed by atoms with Crippen molar-refractivity contribution in [1.29, 1.82) is 10.5 Å². The lowest BCUT2D eigenvalue weighted by molar-refractivity contribution is 0.508. The van der Waals surface area contributed by atoms with Crippen molar-refractivity contribution in [2.75, 3.05) is 0 Å². The number of hydrogen-bond acceptors (Lipinski definition) is 2. The molecular weight excluding hydrogens is 234 g/mol. The van der Waals surface area contributed by atoms with Gasteiger partial charge in [0.05, 0.1) is 23.3 Å². The smallest absolute Gasteiger partial charge is 0.160 e. The first kappa shape index (κ1) is 11.8. The van der Waals surface area contributed by atoms with E-state index in [4.69, 9.17) is 10.5 Å². The summed E-state index contributed by atoms with van der Waals surface area (Å²) in [6, 6.07) is 12.0. The van der Waals surface area contributed by atoms with Gasteiger partial charge in [0.2, 0.25) is 0 Å². The molecule has 0 aliphatic rings. The van der Waals surface area contributed by atoms with Crippen LogP contribution in [0, 0.1) is 34.3 Å². The molecule has 0 bridgehead atoms. The van der Waals surface area contributed by atoms with Crippen LogP contribution in [-0.2, 0) is 0 Å². The first-order chi connectivity index (χ1) is 8.67. The van der Waals surface area contributed by atoms with Crippen molar-refractivity contribution in [1.82, 2.24) is 0 Å². The average Bonchev–Trinajstić information content (AvgIpc) is 2.41. The third-order valence-electron chi connectivity index (χ3n) is 2.52. The SMILES string of the molecule is N#Cc1ccccc1-c1cc(F)c(F)cc1C#N. The second-order valence-corrected chi connectivity index (χ2v) is 3.58. The highest BCUT2D eigenvalue weighted by atomic mass is 19.2. The molecule has 86 valence electrons. The Hall–Kier alpha value is -2.72. The van der Waals surface area contributed by atoms with E-state index in [-0.39, 0.29) is 11.1 Å². The standard InChI is InChI=1S/C14H6F2N2/c15-13-5-10(8-18)12(6-14(13)16)11-4-2-1-3-9(11)7-17/h1-6H. The quantitative estimate of drug-likeness (QED) is 0.767. The van der Waals surface area contributed by atoms with E-state index < -0.39 is 11.6 Å². The van der Waals surface area contributed by atoms with Crippen molar-refractivity contribution in [3.8, 4) is 23.3 Å². The number of hydrogen-bond donors (Lipinski definition) is 0. The Morgan fingerprint density at radius 1 is 0.778 bits per heavy atom. The summed E-state index contributed by atoms with van der Waals surface area (Å²) in [5.74, 6) is -2.12. The lowest BCUT2D eigenvalue weighted by atomic mass is 9.96. The van der Waals surface area contributed by atoms with Crippen LogP contribution < -0.4 is 0 Å². The number of rotatable bonds is 1. The summed E-state index contributed by atoms with van der Waals surface area (Å²) in [6.45, 7) is 0. The van der Waals surface area contributed by atoms with Crippen LogP contribution in [0.2, 0.25) is 0 Å². The van der Waals surface area contributed by atoms with Crippen molar-refractivity contribution < 1.29 is 8.78 Å². The van der Waals surface area contributed by atoms with Gasteiger partial charge in [0, 0.05) is 11.1 Å². The Balaban J connectivity index is 2.76. The zero-order valence-corrected chi connectivity index (χ0v) is 9.11. The molecule has 0 saturated carbocycles. The first-order valence-electron chi connectivity index (χ1n) is 5.06. The van der Waals surface area contributed by atoms with Gasteiger partial charge in [0.1, 0.15) is 0 Å². The van der Waals surface area contributed by atoms with Crippen LogP contribution in [-0.4, -0.2) is 0 Å². The maximum absolute atomic E-state index is 13.2. The molecule has 2 nitrogen and oxygen atoms in total. The Bertz CT molecular complexity index is 694. The minimum atomic E-state index is -1.08. The van der Waals surface area contributed by atoms with Crippen LogP contribution in [0.1, 0.15) is 11.1 Å². The third kappa shape index (κ3) is 1.92. The van der Waals surface area contributed by atoms with Crippen molar-refractivity contribution in [3.63, 3.8) is 0 Å². The normalized spacial score (nSPS) is 9.56. The molecule has 0 atom stereocenters. The summed E-state index contributed by atoms with van der Waals surface area (Å²) in [5, 5.41) is 17.9. The molecule has 0 spiro atoms. The highest BCUT2D eigenvalue weighted by Gasteiger charge is 2.13. The van der Waals surface area contributed by atoms with Crippen LogP contribution in [0.25, 0.3) is 11.1 Å². The first-order valence-corrected chi connectivity index (χ1v) is 5.06. The van der Waals surface area contributed by atoms with Gasteiger partial charge in [-0.2, -0.15) is 10.5 Å². The van der Waals surface area contributed by atoms with E-state index in [0.29, 0.717) is 11.1 Å². The number of halogens is 2. The lowest BCUT2D eigenvalue weighted by Crippen LogP contribution is -1.93. The van der Waals surface area contributed by atoms with Crippen molar-refractivity contribution in [2.24, 2.45) is 0 Å². The number of benzene rings is 2. The molecule has 2 aromatic carbocycles. The van der Waals surface area contributed by atoms with Gasteiger partial charge in [-0.3, -0.25) is 0 Å². The van der Waals surface area contributed by atoms with Gasteiger partial charge < -0.3 is 0 Å². The van der Waals surface area contributed by atoms with Gasteiger partial charge in [-0.1, -0.05) is 18.2 Å². The van der Waals surface area contributed by atoms with E-state index in [2.05, 4.69) is 0 Å². The molecular formula is C14H6F2N2. The molecule has 0 saturated heterocycles. The summed E-state index contributed by atoms with van der Waals surface area (Å²) in [6.07, 6.45) is 0. The molecule has 0 amide bonds. The summed E-state index contributed by atoms with van der Waals surface area (Å²) < 4.78 is 26.3. The molecule has 0 radical (unpaired) electrons. The van der Waals surface area contributed by atoms with Gasteiger partial charge in [-0.05, 0) is 18.2 Å². The minimum absolute atomic E-state index is 0.00315. The lowest BCUT2D eigenvalue weighted by Gasteiger charge is -2.07. The highest BCUT2D eigenvalue weighted by Crippen LogP contribution is 2.28. The monoisotopic (exact) mass is 240 g/mol. The van der Waals surface area contributed by atoms with Crippen LogP contribution in [0.4, 0.5) is 8.78 Å². The Morgan fingerprint density at radius 2 is 1.39 bits per heavy atom.